The van der Waals surface area contributed by atoms with E-state index in [4.69, 9.17) is 21.1 Å². The average molecular weight is 295 g/mol. The van der Waals surface area contributed by atoms with Crippen LogP contribution in [0.15, 0.2) is 36.4 Å². The molecular weight excluding hydrogens is 283 g/mol. The van der Waals surface area contributed by atoms with E-state index >= 15 is 0 Å². The van der Waals surface area contributed by atoms with Crippen LogP contribution in [0.5, 0.6) is 11.5 Å². The predicted molar refractivity (Wildman–Crippen MR) is 74.4 cm³/mol. The Bertz CT molecular complexity index is 656. The van der Waals surface area contributed by atoms with Crippen molar-refractivity contribution in [3.63, 3.8) is 0 Å². The highest BCUT2D eigenvalue weighted by molar-refractivity contribution is 6.30. The topological polar surface area (TPSA) is 35.5 Å². The zero-order chi connectivity index (χ0) is 14.7. The van der Waals surface area contributed by atoms with E-state index in [1.165, 1.54) is 32.4 Å². The lowest BCUT2D eigenvalue weighted by Crippen LogP contribution is -2.06. The molecule has 20 heavy (non-hydrogen) atoms. The molecule has 0 bridgehead atoms. The van der Waals surface area contributed by atoms with Gasteiger partial charge in [-0.3, -0.25) is 4.79 Å². The summed E-state index contributed by atoms with van der Waals surface area (Å²) < 4.78 is 24.0. The zero-order valence-electron chi connectivity index (χ0n) is 10.9. The number of ketones is 1. The van der Waals surface area contributed by atoms with E-state index in [0.717, 1.165) is 6.07 Å². The summed E-state index contributed by atoms with van der Waals surface area (Å²) in [6.45, 7) is 0. The summed E-state index contributed by atoms with van der Waals surface area (Å²) in [6.07, 6.45) is 0. The first kappa shape index (κ1) is 14.3. The average Bonchev–Trinajstić information content (AvgIpc) is 2.46. The highest BCUT2D eigenvalue weighted by Gasteiger charge is 2.18. The summed E-state index contributed by atoms with van der Waals surface area (Å²) in [5.41, 5.74) is 0.201. The minimum absolute atomic E-state index is 0.0575. The Labute approximate surface area is 120 Å². The molecule has 2 aromatic rings. The third-order valence-corrected chi connectivity index (χ3v) is 3.06. The van der Waals surface area contributed by atoms with E-state index in [0.29, 0.717) is 11.5 Å². The van der Waals surface area contributed by atoms with Crippen LogP contribution >= 0.6 is 11.6 Å². The van der Waals surface area contributed by atoms with Crippen molar-refractivity contribution in [1.82, 2.24) is 0 Å². The summed E-state index contributed by atoms with van der Waals surface area (Å²) in [5, 5.41) is 0.237. The van der Waals surface area contributed by atoms with Crippen molar-refractivity contribution in [2.45, 2.75) is 0 Å². The Morgan fingerprint density at radius 1 is 1.05 bits per heavy atom. The van der Waals surface area contributed by atoms with Crippen LogP contribution in [0.2, 0.25) is 5.02 Å². The van der Waals surface area contributed by atoms with Gasteiger partial charge in [0, 0.05) is 11.1 Å². The van der Waals surface area contributed by atoms with E-state index in [1.54, 1.807) is 12.1 Å². The molecule has 2 aromatic carbocycles. The Kier molecular flexibility index (Phi) is 4.25. The van der Waals surface area contributed by atoms with Gasteiger partial charge in [-0.1, -0.05) is 11.6 Å². The molecule has 0 aliphatic rings. The van der Waals surface area contributed by atoms with E-state index in [9.17, 15) is 9.18 Å². The van der Waals surface area contributed by atoms with Crippen molar-refractivity contribution in [2.24, 2.45) is 0 Å². The van der Waals surface area contributed by atoms with E-state index in [2.05, 4.69) is 0 Å². The summed E-state index contributed by atoms with van der Waals surface area (Å²) >= 11 is 5.67. The number of methoxy groups -OCH3 is 2. The molecule has 2 rings (SSSR count). The Balaban J connectivity index is 2.47. The van der Waals surface area contributed by atoms with Gasteiger partial charge in [0.2, 0.25) is 0 Å². The highest BCUT2D eigenvalue weighted by atomic mass is 35.5. The molecule has 3 nitrogen and oxygen atoms in total. The minimum Gasteiger partial charge on any atom is -0.497 e. The molecule has 0 unspecified atom stereocenters. The van der Waals surface area contributed by atoms with Gasteiger partial charge < -0.3 is 9.47 Å². The number of ether oxygens (including phenoxy) is 2. The maximum atomic E-state index is 13.8. The fourth-order valence-corrected chi connectivity index (χ4v) is 1.96. The van der Waals surface area contributed by atoms with Gasteiger partial charge in [-0.25, -0.2) is 4.39 Å². The summed E-state index contributed by atoms with van der Waals surface area (Å²) in [4.78, 5) is 12.4. The Morgan fingerprint density at radius 3 is 2.35 bits per heavy atom. The lowest BCUT2D eigenvalue weighted by molar-refractivity contribution is 0.103. The number of carbonyl (C=O) groups is 1. The summed E-state index contributed by atoms with van der Waals surface area (Å²) in [5.74, 6) is -0.266. The maximum absolute atomic E-state index is 13.8. The molecule has 0 heterocycles. The first-order valence-corrected chi connectivity index (χ1v) is 6.16. The van der Waals surface area contributed by atoms with E-state index < -0.39 is 11.6 Å². The van der Waals surface area contributed by atoms with Gasteiger partial charge in [0.25, 0.3) is 0 Å². The van der Waals surface area contributed by atoms with Gasteiger partial charge in [-0.2, -0.15) is 0 Å². The third-order valence-electron chi connectivity index (χ3n) is 2.83. The second kappa shape index (κ2) is 5.92. The van der Waals surface area contributed by atoms with Crippen LogP contribution in [0.4, 0.5) is 4.39 Å². The standard InChI is InChI=1S/C15H12ClFO3/c1-19-10-4-6-12(14(8-10)20-2)15(18)11-5-3-9(16)7-13(11)17/h3-8H,1-2H3. The summed E-state index contributed by atoms with van der Waals surface area (Å²) in [7, 11) is 2.94. The van der Waals surface area contributed by atoms with Gasteiger partial charge >= 0.3 is 0 Å². The lowest BCUT2D eigenvalue weighted by atomic mass is 10.0. The van der Waals surface area contributed by atoms with Crippen molar-refractivity contribution in [2.75, 3.05) is 14.2 Å². The number of rotatable bonds is 4. The molecule has 0 fully saturated rings. The van der Waals surface area contributed by atoms with Crippen molar-refractivity contribution in [3.05, 3.63) is 58.4 Å². The minimum atomic E-state index is -0.666. The van der Waals surface area contributed by atoms with Crippen LogP contribution in [-0.4, -0.2) is 20.0 Å². The number of hydrogen-bond donors (Lipinski definition) is 0. The van der Waals surface area contributed by atoms with Crippen molar-refractivity contribution >= 4 is 17.4 Å². The monoisotopic (exact) mass is 294 g/mol. The van der Waals surface area contributed by atoms with E-state index in [1.807, 2.05) is 0 Å². The maximum Gasteiger partial charge on any atom is 0.199 e. The van der Waals surface area contributed by atoms with Crippen LogP contribution in [0.25, 0.3) is 0 Å². The Hall–Kier alpha value is -2.07. The van der Waals surface area contributed by atoms with Crippen LogP contribution in [0.1, 0.15) is 15.9 Å². The molecule has 5 heteroatoms. The van der Waals surface area contributed by atoms with Gasteiger partial charge in [-0.15, -0.1) is 0 Å². The Morgan fingerprint density at radius 2 is 1.75 bits per heavy atom. The fraction of sp³-hybridized carbons (Fsp3) is 0.133. The zero-order valence-corrected chi connectivity index (χ0v) is 11.7. The number of halogens is 2. The summed E-state index contributed by atoms with van der Waals surface area (Å²) in [6, 6.07) is 8.64. The molecule has 0 radical (unpaired) electrons. The first-order valence-electron chi connectivity index (χ1n) is 5.78. The molecule has 0 aromatic heterocycles. The van der Waals surface area contributed by atoms with E-state index in [-0.39, 0.29) is 16.1 Å². The van der Waals surface area contributed by atoms with Crippen molar-refractivity contribution in [1.29, 1.82) is 0 Å². The van der Waals surface area contributed by atoms with Gasteiger partial charge in [0.15, 0.2) is 5.78 Å². The van der Waals surface area contributed by atoms with Crippen molar-refractivity contribution in [3.8, 4) is 11.5 Å². The first-order chi connectivity index (χ1) is 9.56. The number of hydrogen-bond acceptors (Lipinski definition) is 3. The van der Waals surface area contributed by atoms with Gasteiger partial charge in [0.05, 0.1) is 25.3 Å². The molecule has 0 saturated carbocycles. The largest absolute Gasteiger partial charge is 0.497 e. The normalized spacial score (nSPS) is 10.2. The van der Waals surface area contributed by atoms with Crippen LogP contribution in [0.3, 0.4) is 0 Å². The second-order valence-electron chi connectivity index (χ2n) is 4.02. The highest BCUT2D eigenvalue weighted by Crippen LogP contribution is 2.28. The van der Waals surface area contributed by atoms with Crippen LogP contribution in [0, 0.1) is 5.82 Å². The third kappa shape index (κ3) is 2.75. The molecule has 0 spiro atoms. The molecule has 0 saturated heterocycles. The molecule has 0 N–H and O–H groups in total. The lowest BCUT2D eigenvalue weighted by Gasteiger charge is -2.10. The fourth-order valence-electron chi connectivity index (χ4n) is 1.80. The SMILES string of the molecule is COc1ccc(C(=O)c2ccc(Cl)cc2F)c(OC)c1. The quantitative estimate of drug-likeness (QED) is 0.806. The number of carbonyl (C=O) groups excluding carboxylic acids is 1. The molecular formula is C15H12ClFO3. The van der Waals surface area contributed by atoms with Crippen LogP contribution in [-0.2, 0) is 0 Å². The second-order valence-corrected chi connectivity index (χ2v) is 4.46. The molecule has 0 amide bonds. The van der Waals surface area contributed by atoms with Crippen molar-refractivity contribution < 1.29 is 18.7 Å². The molecule has 0 atom stereocenters. The number of benzene rings is 2. The van der Waals surface area contributed by atoms with Gasteiger partial charge in [-0.05, 0) is 30.3 Å². The smallest absolute Gasteiger partial charge is 0.199 e. The van der Waals surface area contributed by atoms with Gasteiger partial charge in [0.1, 0.15) is 17.3 Å². The predicted octanol–water partition coefficient (Wildman–Crippen LogP) is 3.73. The van der Waals surface area contributed by atoms with Crippen LogP contribution < -0.4 is 9.47 Å². The molecule has 0 aliphatic heterocycles. The molecule has 0 aliphatic carbocycles. The molecule has 104 valence electrons.